The number of nitro groups is 1. The van der Waals surface area contributed by atoms with Gasteiger partial charge >= 0.3 is 11.8 Å². The standard InChI is InChI=1S/C8H9N3O6/c12-5(8(14)15)3-9-7(13)4-1-2-6(10-4)11(16)17/h1-2,5,10,12H,3H2,(H,9,13)(H,14,15)/t5-/m0/s1. The van der Waals surface area contributed by atoms with Gasteiger partial charge in [-0.1, -0.05) is 0 Å². The zero-order valence-electron chi connectivity index (χ0n) is 8.41. The number of nitrogens with zero attached hydrogens (tertiary/aromatic N) is 1. The number of rotatable bonds is 5. The molecule has 9 nitrogen and oxygen atoms in total. The summed E-state index contributed by atoms with van der Waals surface area (Å²) in [5.74, 6) is -2.56. The number of hydrogen-bond donors (Lipinski definition) is 4. The van der Waals surface area contributed by atoms with Crippen LogP contribution in [0, 0.1) is 10.1 Å². The van der Waals surface area contributed by atoms with Crippen molar-refractivity contribution in [2.75, 3.05) is 6.54 Å². The van der Waals surface area contributed by atoms with Crippen LogP contribution in [0.2, 0.25) is 0 Å². The number of amides is 1. The van der Waals surface area contributed by atoms with E-state index in [1.165, 1.54) is 6.07 Å². The number of aromatic nitrogens is 1. The van der Waals surface area contributed by atoms with Gasteiger partial charge in [0.05, 0.1) is 6.54 Å². The molecule has 0 aliphatic rings. The predicted octanol–water partition coefficient (Wildman–Crippen LogP) is -0.902. The van der Waals surface area contributed by atoms with Crippen molar-refractivity contribution in [3.63, 3.8) is 0 Å². The summed E-state index contributed by atoms with van der Waals surface area (Å²) in [6, 6.07) is 2.28. The number of carboxylic acids is 1. The third-order valence-corrected chi connectivity index (χ3v) is 1.85. The lowest BCUT2D eigenvalue weighted by molar-refractivity contribution is -0.389. The van der Waals surface area contributed by atoms with Crippen LogP contribution in [0.1, 0.15) is 10.5 Å². The quantitative estimate of drug-likeness (QED) is 0.389. The zero-order chi connectivity index (χ0) is 13.0. The Morgan fingerprint density at radius 3 is 2.65 bits per heavy atom. The minimum Gasteiger partial charge on any atom is -0.479 e. The molecule has 1 atom stereocenters. The summed E-state index contributed by atoms with van der Waals surface area (Å²) in [7, 11) is 0. The number of aliphatic hydroxyl groups is 1. The first-order valence-corrected chi connectivity index (χ1v) is 4.44. The Morgan fingerprint density at radius 1 is 1.53 bits per heavy atom. The van der Waals surface area contributed by atoms with Gasteiger partial charge in [-0.15, -0.1) is 0 Å². The number of carbonyl (C=O) groups excluding carboxylic acids is 1. The van der Waals surface area contributed by atoms with Gasteiger partial charge in [0.25, 0.3) is 5.91 Å². The molecule has 92 valence electrons. The molecule has 0 unspecified atom stereocenters. The summed E-state index contributed by atoms with van der Waals surface area (Å²) in [6.07, 6.45) is -1.72. The van der Waals surface area contributed by atoms with Crippen molar-refractivity contribution in [1.29, 1.82) is 0 Å². The first-order valence-electron chi connectivity index (χ1n) is 4.44. The van der Waals surface area contributed by atoms with Crippen molar-refractivity contribution in [3.8, 4) is 0 Å². The minimum atomic E-state index is -1.72. The van der Waals surface area contributed by atoms with Crippen LogP contribution in [0.5, 0.6) is 0 Å². The summed E-state index contributed by atoms with van der Waals surface area (Å²) >= 11 is 0. The van der Waals surface area contributed by atoms with Crippen LogP contribution in [0.25, 0.3) is 0 Å². The number of aliphatic hydroxyl groups excluding tert-OH is 1. The molecule has 0 bridgehead atoms. The SMILES string of the molecule is O=C(NC[C@H](O)C(=O)O)c1ccc([N+](=O)[O-])[nH]1. The van der Waals surface area contributed by atoms with E-state index in [1.807, 2.05) is 0 Å². The largest absolute Gasteiger partial charge is 0.479 e. The predicted molar refractivity (Wildman–Crippen MR) is 53.4 cm³/mol. The molecule has 1 aromatic heterocycles. The van der Waals surface area contributed by atoms with Crippen molar-refractivity contribution in [2.24, 2.45) is 0 Å². The average Bonchev–Trinajstić information content (AvgIpc) is 2.74. The van der Waals surface area contributed by atoms with E-state index < -0.39 is 29.4 Å². The maximum absolute atomic E-state index is 11.3. The number of aromatic amines is 1. The summed E-state index contributed by atoms with van der Waals surface area (Å²) in [6.45, 7) is -0.485. The fourth-order valence-electron chi connectivity index (χ4n) is 0.994. The van der Waals surface area contributed by atoms with E-state index in [0.717, 1.165) is 6.07 Å². The van der Waals surface area contributed by atoms with Crippen molar-refractivity contribution in [1.82, 2.24) is 10.3 Å². The van der Waals surface area contributed by atoms with Crippen LogP contribution in [0.15, 0.2) is 12.1 Å². The Labute approximate surface area is 94.2 Å². The van der Waals surface area contributed by atoms with Crippen LogP contribution >= 0.6 is 0 Å². The maximum Gasteiger partial charge on any atom is 0.334 e. The highest BCUT2D eigenvalue weighted by molar-refractivity contribution is 5.93. The molecule has 17 heavy (non-hydrogen) atoms. The highest BCUT2D eigenvalue weighted by Crippen LogP contribution is 2.09. The smallest absolute Gasteiger partial charge is 0.334 e. The second-order valence-corrected chi connectivity index (χ2v) is 3.08. The molecule has 1 aromatic rings. The number of aliphatic carboxylic acids is 1. The highest BCUT2D eigenvalue weighted by Gasteiger charge is 2.18. The number of hydrogen-bond acceptors (Lipinski definition) is 5. The Balaban J connectivity index is 2.58. The highest BCUT2D eigenvalue weighted by atomic mass is 16.6. The van der Waals surface area contributed by atoms with Crippen LogP contribution in [0.3, 0.4) is 0 Å². The van der Waals surface area contributed by atoms with E-state index in [4.69, 9.17) is 10.2 Å². The normalized spacial score (nSPS) is 11.8. The summed E-state index contributed by atoms with van der Waals surface area (Å²) in [5, 5.41) is 29.7. The molecule has 0 fully saturated rings. The molecule has 0 aromatic carbocycles. The molecule has 0 radical (unpaired) electrons. The first-order chi connectivity index (χ1) is 7.91. The molecule has 1 rings (SSSR count). The Bertz CT molecular complexity index is 454. The Morgan fingerprint density at radius 2 is 2.18 bits per heavy atom. The molecule has 0 saturated carbocycles. The lowest BCUT2D eigenvalue weighted by atomic mass is 10.3. The summed E-state index contributed by atoms with van der Waals surface area (Å²) < 4.78 is 0. The fraction of sp³-hybridized carbons (Fsp3) is 0.250. The molecule has 9 heteroatoms. The number of nitrogens with one attached hydrogen (secondary N) is 2. The average molecular weight is 243 g/mol. The summed E-state index contributed by atoms with van der Waals surface area (Å²) in [5.41, 5.74) is -0.0886. The van der Waals surface area contributed by atoms with Crippen LogP contribution in [-0.2, 0) is 4.79 Å². The summed E-state index contributed by atoms with van der Waals surface area (Å²) in [4.78, 5) is 33.4. The molecule has 1 amide bonds. The molecular formula is C8H9N3O6. The van der Waals surface area contributed by atoms with E-state index >= 15 is 0 Å². The van der Waals surface area contributed by atoms with Crippen LogP contribution < -0.4 is 5.32 Å². The second kappa shape index (κ2) is 5.07. The lowest BCUT2D eigenvalue weighted by Gasteiger charge is -2.05. The van der Waals surface area contributed by atoms with Crippen LogP contribution in [0.4, 0.5) is 5.82 Å². The van der Waals surface area contributed by atoms with Gasteiger partial charge in [-0.25, -0.2) is 9.78 Å². The molecule has 0 saturated heterocycles. The molecule has 0 spiro atoms. The monoisotopic (exact) mass is 243 g/mol. The van der Waals surface area contributed by atoms with Gasteiger partial charge in [-0.05, 0) is 11.0 Å². The van der Waals surface area contributed by atoms with Gasteiger partial charge < -0.3 is 25.6 Å². The molecule has 0 aliphatic heterocycles. The molecule has 4 N–H and O–H groups in total. The second-order valence-electron chi connectivity index (χ2n) is 3.08. The Kier molecular flexibility index (Phi) is 3.78. The zero-order valence-corrected chi connectivity index (χ0v) is 8.41. The minimum absolute atomic E-state index is 0.0886. The van der Waals surface area contributed by atoms with Gasteiger partial charge in [-0.2, -0.15) is 0 Å². The topological polar surface area (TPSA) is 146 Å². The van der Waals surface area contributed by atoms with Crippen molar-refractivity contribution in [3.05, 3.63) is 27.9 Å². The van der Waals surface area contributed by atoms with Gasteiger partial charge in [0, 0.05) is 6.07 Å². The van der Waals surface area contributed by atoms with E-state index in [0.29, 0.717) is 0 Å². The molecular weight excluding hydrogens is 234 g/mol. The molecule has 0 aliphatic carbocycles. The molecule has 1 heterocycles. The third-order valence-electron chi connectivity index (χ3n) is 1.85. The van der Waals surface area contributed by atoms with E-state index in [-0.39, 0.29) is 11.5 Å². The van der Waals surface area contributed by atoms with Gasteiger partial charge in [0.2, 0.25) is 0 Å². The van der Waals surface area contributed by atoms with E-state index in [9.17, 15) is 19.7 Å². The lowest BCUT2D eigenvalue weighted by Crippen LogP contribution is -2.36. The number of carbonyl (C=O) groups is 2. The fourth-order valence-corrected chi connectivity index (χ4v) is 0.994. The van der Waals surface area contributed by atoms with Crippen LogP contribution in [-0.4, -0.2) is 44.6 Å². The van der Waals surface area contributed by atoms with Gasteiger partial charge in [0.1, 0.15) is 0 Å². The van der Waals surface area contributed by atoms with Gasteiger partial charge in [-0.3, -0.25) is 4.79 Å². The van der Waals surface area contributed by atoms with Crippen molar-refractivity contribution < 1.29 is 24.7 Å². The third kappa shape index (κ3) is 3.28. The van der Waals surface area contributed by atoms with Crippen molar-refractivity contribution in [2.45, 2.75) is 6.10 Å². The maximum atomic E-state index is 11.3. The number of carboxylic acid groups (broad SMARTS) is 1. The van der Waals surface area contributed by atoms with E-state index in [2.05, 4.69) is 10.3 Å². The van der Waals surface area contributed by atoms with Gasteiger partial charge in [0.15, 0.2) is 11.8 Å². The Hall–Kier alpha value is -2.42. The van der Waals surface area contributed by atoms with E-state index in [1.54, 1.807) is 0 Å². The number of H-pyrrole nitrogens is 1. The van der Waals surface area contributed by atoms with Crippen molar-refractivity contribution >= 4 is 17.7 Å². The first kappa shape index (κ1) is 12.6.